The molecule has 3 aromatic rings. The molecule has 0 saturated heterocycles. The first kappa shape index (κ1) is 17.5. The second-order valence-corrected chi connectivity index (χ2v) is 8.35. The van der Waals surface area contributed by atoms with E-state index < -0.39 is 0 Å². The van der Waals surface area contributed by atoms with Crippen molar-refractivity contribution in [3.05, 3.63) is 36.9 Å². The number of imidazole rings is 1. The van der Waals surface area contributed by atoms with Crippen LogP contribution in [0.3, 0.4) is 0 Å². The van der Waals surface area contributed by atoms with E-state index in [1.54, 1.807) is 12.7 Å². The lowest BCUT2D eigenvalue weighted by Crippen LogP contribution is -2.45. The molecule has 2 aliphatic rings. The Hall–Kier alpha value is -2.61. The molecule has 0 spiro atoms. The summed E-state index contributed by atoms with van der Waals surface area (Å²) >= 11 is 1.82. The van der Waals surface area contributed by atoms with Crippen molar-refractivity contribution in [1.82, 2.24) is 24.2 Å². The third-order valence-corrected chi connectivity index (χ3v) is 6.61. The lowest BCUT2D eigenvalue weighted by Gasteiger charge is -2.39. The molecule has 0 radical (unpaired) electrons. The van der Waals surface area contributed by atoms with Gasteiger partial charge in [0.1, 0.15) is 17.7 Å². The van der Waals surface area contributed by atoms with Crippen LogP contribution in [-0.4, -0.2) is 42.2 Å². The summed E-state index contributed by atoms with van der Waals surface area (Å²) in [6.45, 7) is 2.14. The molecular formula is C20H23N7S. The van der Waals surface area contributed by atoms with Gasteiger partial charge in [0.25, 0.3) is 0 Å². The maximum Gasteiger partial charge on any atom is 0.162 e. The molecule has 144 valence electrons. The van der Waals surface area contributed by atoms with Gasteiger partial charge in [0.15, 0.2) is 11.5 Å². The van der Waals surface area contributed by atoms with Gasteiger partial charge < -0.3 is 10.3 Å². The number of rotatable bonds is 4. The number of H-pyrrole nitrogens is 1. The van der Waals surface area contributed by atoms with Gasteiger partial charge in [-0.05, 0) is 43.8 Å². The molecule has 1 fully saturated rings. The Morgan fingerprint density at radius 1 is 1.14 bits per heavy atom. The fraction of sp³-hybridized carbons (Fsp3) is 0.400. The van der Waals surface area contributed by atoms with Crippen LogP contribution in [0.2, 0.25) is 0 Å². The van der Waals surface area contributed by atoms with Crippen LogP contribution >= 0.6 is 11.9 Å². The van der Waals surface area contributed by atoms with Crippen molar-refractivity contribution in [3.8, 4) is 0 Å². The number of hydrogen-bond donors (Lipinski definition) is 2. The number of nitrogens with zero attached hydrogens (tertiary/aromatic N) is 5. The summed E-state index contributed by atoms with van der Waals surface area (Å²) in [6.07, 6.45) is 9.56. The molecule has 1 aromatic carbocycles. The van der Waals surface area contributed by atoms with E-state index >= 15 is 0 Å². The Morgan fingerprint density at radius 2 is 2.00 bits per heavy atom. The Kier molecular flexibility index (Phi) is 4.64. The Morgan fingerprint density at radius 3 is 2.89 bits per heavy atom. The molecule has 1 aliphatic carbocycles. The standard InChI is InChI=1S/C20H23N7S/c1-13(25-19-17-18(22-11-21-17)23-12-24-19)20-26-15-9-5-6-10-16(15)28-27(20)14-7-3-2-4-8-14/h5-6,9-14H,2-4,7-8H2,1H3,(H2,21,22,23,24,25). The molecule has 28 heavy (non-hydrogen) atoms. The largest absolute Gasteiger partial charge is 0.358 e. The second kappa shape index (κ2) is 7.43. The number of fused-ring (bicyclic) bond motifs is 2. The first-order valence-electron chi connectivity index (χ1n) is 9.85. The van der Waals surface area contributed by atoms with E-state index in [-0.39, 0.29) is 6.04 Å². The maximum atomic E-state index is 5.05. The lowest BCUT2D eigenvalue weighted by molar-refractivity contribution is 0.338. The molecule has 0 bridgehead atoms. The number of hydrogen-bond acceptors (Lipinski definition) is 7. The number of para-hydroxylation sites is 1. The highest BCUT2D eigenvalue weighted by molar-refractivity contribution is 7.97. The fourth-order valence-corrected chi connectivity index (χ4v) is 5.17. The van der Waals surface area contributed by atoms with Crippen molar-refractivity contribution in [3.63, 3.8) is 0 Å². The third kappa shape index (κ3) is 3.22. The molecule has 5 rings (SSSR count). The van der Waals surface area contributed by atoms with Gasteiger partial charge in [-0.25, -0.2) is 19.9 Å². The SMILES string of the molecule is CC(Nc1ncnc2[nH]cnc12)C1=Nc2ccccc2SN1C1CCCCC1. The number of aromatic nitrogens is 4. The van der Waals surface area contributed by atoms with Gasteiger partial charge in [0.2, 0.25) is 0 Å². The summed E-state index contributed by atoms with van der Waals surface area (Å²) in [5, 5.41) is 3.52. The normalized spacial score (nSPS) is 18.6. The second-order valence-electron chi connectivity index (χ2n) is 7.33. The highest BCUT2D eigenvalue weighted by Gasteiger charge is 2.32. The molecule has 2 N–H and O–H groups in total. The fourth-order valence-electron chi connectivity index (χ4n) is 3.96. The van der Waals surface area contributed by atoms with Gasteiger partial charge >= 0.3 is 0 Å². The number of aliphatic imine (C=N–C) groups is 1. The van der Waals surface area contributed by atoms with Crippen LogP contribution in [0.1, 0.15) is 39.0 Å². The van der Waals surface area contributed by atoms with Crippen molar-refractivity contribution in [2.45, 2.75) is 56.0 Å². The molecule has 8 heteroatoms. The van der Waals surface area contributed by atoms with E-state index in [1.807, 2.05) is 18.0 Å². The minimum absolute atomic E-state index is 0.00224. The summed E-state index contributed by atoms with van der Waals surface area (Å²) in [5.74, 6) is 1.78. The average Bonchev–Trinajstić information content (AvgIpc) is 3.23. The Labute approximate surface area is 168 Å². The van der Waals surface area contributed by atoms with Crippen LogP contribution in [0.4, 0.5) is 11.5 Å². The highest BCUT2D eigenvalue weighted by atomic mass is 32.2. The van der Waals surface area contributed by atoms with Crippen molar-refractivity contribution in [1.29, 1.82) is 0 Å². The Balaban J connectivity index is 1.48. The molecule has 0 amide bonds. The monoisotopic (exact) mass is 393 g/mol. The maximum absolute atomic E-state index is 5.05. The minimum atomic E-state index is -0.00224. The van der Waals surface area contributed by atoms with Crippen LogP contribution in [0, 0.1) is 0 Å². The van der Waals surface area contributed by atoms with Gasteiger partial charge in [-0.3, -0.25) is 4.31 Å². The summed E-state index contributed by atoms with van der Waals surface area (Å²) < 4.78 is 2.43. The molecule has 1 atom stereocenters. The molecule has 7 nitrogen and oxygen atoms in total. The molecule has 1 aliphatic heterocycles. The average molecular weight is 394 g/mol. The zero-order chi connectivity index (χ0) is 18.9. The van der Waals surface area contributed by atoms with Gasteiger partial charge in [-0.1, -0.05) is 31.4 Å². The van der Waals surface area contributed by atoms with E-state index in [9.17, 15) is 0 Å². The topological polar surface area (TPSA) is 82.1 Å². The van der Waals surface area contributed by atoms with Crippen molar-refractivity contribution in [2.24, 2.45) is 4.99 Å². The number of benzene rings is 1. The van der Waals surface area contributed by atoms with Gasteiger partial charge in [-0.15, -0.1) is 0 Å². The van der Waals surface area contributed by atoms with Crippen molar-refractivity contribution >= 4 is 40.5 Å². The van der Waals surface area contributed by atoms with Crippen LogP contribution in [0.5, 0.6) is 0 Å². The van der Waals surface area contributed by atoms with Gasteiger partial charge in [-0.2, -0.15) is 0 Å². The van der Waals surface area contributed by atoms with E-state index in [2.05, 4.69) is 54.7 Å². The first-order valence-corrected chi connectivity index (χ1v) is 10.6. The summed E-state index contributed by atoms with van der Waals surface area (Å²) in [5.41, 5.74) is 2.53. The first-order chi connectivity index (χ1) is 13.8. The minimum Gasteiger partial charge on any atom is -0.358 e. The third-order valence-electron chi connectivity index (χ3n) is 5.39. The van der Waals surface area contributed by atoms with Crippen molar-refractivity contribution in [2.75, 3.05) is 5.32 Å². The van der Waals surface area contributed by atoms with Crippen molar-refractivity contribution < 1.29 is 0 Å². The van der Waals surface area contributed by atoms with E-state index in [0.717, 1.165) is 28.5 Å². The lowest BCUT2D eigenvalue weighted by atomic mass is 9.95. The molecule has 1 saturated carbocycles. The van der Waals surface area contributed by atoms with Crippen LogP contribution in [0.25, 0.3) is 11.2 Å². The number of amidine groups is 1. The zero-order valence-electron chi connectivity index (χ0n) is 15.8. The predicted molar refractivity (Wildman–Crippen MR) is 113 cm³/mol. The zero-order valence-corrected chi connectivity index (χ0v) is 16.6. The van der Waals surface area contributed by atoms with Crippen LogP contribution < -0.4 is 5.32 Å². The molecule has 2 aromatic heterocycles. The van der Waals surface area contributed by atoms with E-state index in [4.69, 9.17) is 4.99 Å². The summed E-state index contributed by atoms with van der Waals surface area (Å²) in [7, 11) is 0. The van der Waals surface area contributed by atoms with Gasteiger partial charge in [0.05, 0.1) is 23.0 Å². The molecule has 1 unspecified atom stereocenters. The smallest absolute Gasteiger partial charge is 0.162 e. The Bertz CT molecular complexity index is 1010. The number of anilines is 1. The van der Waals surface area contributed by atoms with Crippen LogP contribution in [0.15, 0.2) is 46.8 Å². The quantitative estimate of drug-likeness (QED) is 0.633. The van der Waals surface area contributed by atoms with Crippen LogP contribution in [-0.2, 0) is 0 Å². The van der Waals surface area contributed by atoms with E-state index in [0.29, 0.717) is 6.04 Å². The van der Waals surface area contributed by atoms with E-state index in [1.165, 1.54) is 37.0 Å². The summed E-state index contributed by atoms with van der Waals surface area (Å²) in [4.78, 5) is 22.3. The highest BCUT2D eigenvalue weighted by Crippen LogP contribution is 2.41. The number of nitrogens with one attached hydrogen (secondary N) is 2. The number of aromatic amines is 1. The molecule has 3 heterocycles. The molecular weight excluding hydrogens is 370 g/mol. The predicted octanol–water partition coefficient (Wildman–Crippen LogP) is 4.54. The van der Waals surface area contributed by atoms with Gasteiger partial charge in [0, 0.05) is 6.04 Å². The summed E-state index contributed by atoms with van der Waals surface area (Å²) in [6, 6.07) is 8.90.